The average Bonchev–Trinajstić information content (AvgIpc) is 3.27. The van der Waals surface area contributed by atoms with Gasteiger partial charge < -0.3 is 14.2 Å². The van der Waals surface area contributed by atoms with E-state index < -0.39 is 5.41 Å². The molecule has 0 bridgehead atoms. The van der Waals surface area contributed by atoms with Crippen molar-refractivity contribution in [3.05, 3.63) is 53.7 Å². The maximum Gasteiger partial charge on any atom is 0.257 e. The van der Waals surface area contributed by atoms with Crippen LogP contribution in [0.2, 0.25) is 0 Å². The van der Waals surface area contributed by atoms with Crippen molar-refractivity contribution in [1.82, 2.24) is 14.8 Å². The largest absolute Gasteiger partial charge is 0.472 e. The van der Waals surface area contributed by atoms with Crippen LogP contribution in [0.1, 0.15) is 41.0 Å². The third-order valence-corrected chi connectivity index (χ3v) is 5.53. The lowest BCUT2D eigenvalue weighted by molar-refractivity contribution is -0.138. The first-order valence-corrected chi connectivity index (χ1v) is 9.11. The molecule has 2 aromatic heterocycles. The maximum absolute atomic E-state index is 13.2. The smallest absolute Gasteiger partial charge is 0.257 e. The molecule has 2 fully saturated rings. The minimum absolute atomic E-state index is 0.0515. The fourth-order valence-corrected chi connectivity index (χ4v) is 4.18. The van der Waals surface area contributed by atoms with Crippen LogP contribution >= 0.6 is 0 Å². The molecule has 0 radical (unpaired) electrons. The molecule has 0 N–H and O–H groups in total. The van der Waals surface area contributed by atoms with Crippen molar-refractivity contribution in [2.45, 2.75) is 32.7 Å². The van der Waals surface area contributed by atoms with Crippen LogP contribution in [-0.2, 0) is 11.3 Å². The molecule has 2 aromatic rings. The van der Waals surface area contributed by atoms with E-state index >= 15 is 0 Å². The Labute approximate surface area is 152 Å². The number of hydrogen-bond donors (Lipinski definition) is 0. The topological polar surface area (TPSA) is 66.7 Å². The summed E-state index contributed by atoms with van der Waals surface area (Å²) in [6.07, 6.45) is 5.47. The second-order valence-electron chi connectivity index (χ2n) is 7.37. The Kier molecular flexibility index (Phi) is 4.26. The first-order valence-electron chi connectivity index (χ1n) is 9.11. The number of aryl methyl sites for hydroxylation is 1. The molecule has 0 aromatic carbocycles. The van der Waals surface area contributed by atoms with Crippen LogP contribution in [0.25, 0.3) is 0 Å². The first-order chi connectivity index (χ1) is 12.6. The summed E-state index contributed by atoms with van der Waals surface area (Å²) in [5.74, 6) is 0.106. The van der Waals surface area contributed by atoms with E-state index in [2.05, 4.69) is 4.98 Å². The Bertz CT molecular complexity index is 817. The van der Waals surface area contributed by atoms with Crippen molar-refractivity contribution < 1.29 is 14.0 Å². The van der Waals surface area contributed by atoms with Crippen molar-refractivity contribution in [2.75, 3.05) is 19.6 Å². The summed E-state index contributed by atoms with van der Waals surface area (Å²) in [7, 11) is 0. The lowest BCUT2D eigenvalue weighted by atomic mass is 9.78. The summed E-state index contributed by atoms with van der Waals surface area (Å²) >= 11 is 0. The zero-order valence-electron chi connectivity index (χ0n) is 15.0. The summed E-state index contributed by atoms with van der Waals surface area (Å²) in [6.45, 7) is 4.41. The number of nitrogens with zero attached hydrogens (tertiary/aromatic N) is 3. The van der Waals surface area contributed by atoms with Crippen molar-refractivity contribution in [3.63, 3.8) is 0 Å². The van der Waals surface area contributed by atoms with Crippen LogP contribution in [0.15, 0.2) is 41.2 Å². The molecule has 4 heterocycles. The molecule has 26 heavy (non-hydrogen) atoms. The van der Waals surface area contributed by atoms with E-state index in [0.717, 1.165) is 37.2 Å². The molecule has 2 aliphatic heterocycles. The number of likely N-dealkylation sites (tertiary alicyclic amines) is 2. The van der Waals surface area contributed by atoms with E-state index in [1.807, 2.05) is 30.0 Å². The van der Waals surface area contributed by atoms with Gasteiger partial charge in [-0.2, -0.15) is 0 Å². The van der Waals surface area contributed by atoms with E-state index in [1.165, 1.54) is 12.5 Å². The van der Waals surface area contributed by atoms with E-state index in [1.54, 1.807) is 11.0 Å². The minimum atomic E-state index is -0.443. The molecule has 2 amide bonds. The Morgan fingerprint density at radius 3 is 2.92 bits per heavy atom. The van der Waals surface area contributed by atoms with E-state index in [0.29, 0.717) is 25.2 Å². The molecule has 6 heteroatoms. The second-order valence-corrected chi connectivity index (χ2v) is 7.37. The van der Waals surface area contributed by atoms with Crippen molar-refractivity contribution in [3.8, 4) is 0 Å². The van der Waals surface area contributed by atoms with Crippen molar-refractivity contribution in [1.29, 1.82) is 0 Å². The number of piperidine rings is 1. The predicted molar refractivity (Wildman–Crippen MR) is 95.3 cm³/mol. The summed E-state index contributed by atoms with van der Waals surface area (Å²) in [4.78, 5) is 34.0. The Hall–Kier alpha value is -2.63. The number of furan rings is 1. The zero-order chi connectivity index (χ0) is 18.1. The van der Waals surface area contributed by atoms with Crippen LogP contribution in [0.5, 0.6) is 0 Å². The highest BCUT2D eigenvalue weighted by Crippen LogP contribution is 2.41. The normalized spacial score (nSPS) is 23.0. The van der Waals surface area contributed by atoms with Gasteiger partial charge in [0.1, 0.15) is 6.26 Å². The molecule has 2 aliphatic rings. The number of carbonyl (C=O) groups excluding carboxylic acids is 2. The number of pyridine rings is 1. The molecular weight excluding hydrogens is 330 g/mol. The van der Waals surface area contributed by atoms with Crippen molar-refractivity contribution in [2.24, 2.45) is 5.41 Å². The van der Waals surface area contributed by atoms with Gasteiger partial charge in [0, 0.05) is 25.3 Å². The third-order valence-electron chi connectivity index (χ3n) is 5.53. The monoisotopic (exact) mass is 353 g/mol. The fourth-order valence-electron chi connectivity index (χ4n) is 4.18. The van der Waals surface area contributed by atoms with Crippen LogP contribution in [0, 0.1) is 12.3 Å². The fraction of sp³-hybridized carbons (Fsp3) is 0.450. The third kappa shape index (κ3) is 3.00. The summed E-state index contributed by atoms with van der Waals surface area (Å²) < 4.78 is 5.03. The van der Waals surface area contributed by atoms with Gasteiger partial charge in [-0.25, -0.2) is 0 Å². The van der Waals surface area contributed by atoms with Crippen LogP contribution < -0.4 is 0 Å². The molecule has 0 aliphatic carbocycles. The van der Waals surface area contributed by atoms with E-state index in [4.69, 9.17) is 4.42 Å². The molecule has 6 nitrogen and oxygen atoms in total. The van der Waals surface area contributed by atoms with Crippen molar-refractivity contribution >= 4 is 11.8 Å². The van der Waals surface area contributed by atoms with Gasteiger partial charge in [-0.3, -0.25) is 14.6 Å². The molecule has 1 unspecified atom stereocenters. The average molecular weight is 353 g/mol. The standard InChI is InChI=1S/C20H23N3O3/c1-15-4-2-5-17(21-15)12-22-10-8-20(19(22)25)7-3-9-23(14-20)18(24)16-6-11-26-13-16/h2,4-6,11,13H,3,7-10,12,14H2,1H3. The van der Waals surface area contributed by atoms with Gasteiger partial charge >= 0.3 is 0 Å². The molecule has 1 spiro atoms. The highest BCUT2D eigenvalue weighted by atomic mass is 16.3. The first kappa shape index (κ1) is 16.8. The maximum atomic E-state index is 13.2. The number of amides is 2. The molecule has 136 valence electrons. The van der Waals surface area contributed by atoms with E-state index in [9.17, 15) is 9.59 Å². The molecular formula is C20H23N3O3. The summed E-state index contributed by atoms with van der Waals surface area (Å²) in [5, 5.41) is 0. The molecule has 2 saturated heterocycles. The SMILES string of the molecule is Cc1cccc(CN2CCC3(CCCN(C(=O)c4ccoc4)C3)C2=O)n1. The Balaban J connectivity index is 1.48. The number of carbonyl (C=O) groups is 2. The minimum Gasteiger partial charge on any atom is -0.472 e. The Morgan fingerprint density at radius 1 is 1.27 bits per heavy atom. The van der Waals surface area contributed by atoms with Gasteiger partial charge in [0.25, 0.3) is 5.91 Å². The van der Waals surface area contributed by atoms with E-state index in [-0.39, 0.29) is 11.8 Å². The lowest BCUT2D eigenvalue weighted by Gasteiger charge is -2.38. The van der Waals surface area contributed by atoms with Gasteiger partial charge in [-0.15, -0.1) is 0 Å². The van der Waals surface area contributed by atoms with Crippen LogP contribution in [-0.4, -0.2) is 46.2 Å². The van der Waals surface area contributed by atoms with Crippen LogP contribution in [0.4, 0.5) is 0 Å². The second kappa shape index (κ2) is 6.59. The molecule has 0 saturated carbocycles. The van der Waals surface area contributed by atoms with Gasteiger partial charge in [-0.05, 0) is 44.4 Å². The van der Waals surface area contributed by atoms with Gasteiger partial charge in [-0.1, -0.05) is 6.07 Å². The van der Waals surface area contributed by atoms with Gasteiger partial charge in [0.2, 0.25) is 5.91 Å². The summed E-state index contributed by atoms with van der Waals surface area (Å²) in [6, 6.07) is 7.56. The highest BCUT2D eigenvalue weighted by molar-refractivity contribution is 5.95. The predicted octanol–water partition coefficient (Wildman–Crippen LogP) is 2.64. The van der Waals surface area contributed by atoms with Gasteiger partial charge in [0.05, 0.1) is 29.5 Å². The number of aromatic nitrogens is 1. The Morgan fingerprint density at radius 2 is 2.15 bits per heavy atom. The highest BCUT2D eigenvalue weighted by Gasteiger charge is 2.49. The molecule has 1 atom stereocenters. The number of rotatable bonds is 3. The zero-order valence-corrected chi connectivity index (χ0v) is 15.0. The summed E-state index contributed by atoms with van der Waals surface area (Å²) in [5.41, 5.74) is 1.98. The van der Waals surface area contributed by atoms with Gasteiger partial charge in [0.15, 0.2) is 0 Å². The molecule has 4 rings (SSSR count). The quantitative estimate of drug-likeness (QED) is 0.851. The lowest BCUT2D eigenvalue weighted by Crippen LogP contribution is -2.49. The number of hydrogen-bond acceptors (Lipinski definition) is 4. The van der Waals surface area contributed by atoms with Crippen LogP contribution in [0.3, 0.4) is 0 Å².